The van der Waals surface area contributed by atoms with E-state index < -0.39 is 9.84 Å². The number of thiazole rings is 1. The molecule has 1 amide bonds. The van der Waals surface area contributed by atoms with Crippen LogP contribution in [-0.2, 0) is 33.4 Å². The topological polar surface area (TPSA) is 80.5 Å². The molecule has 0 radical (unpaired) electrons. The average Bonchev–Trinajstić information content (AvgIpc) is 3.45. The number of anilines is 1. The van der Waals surface area contributed by atoms with E-state index in [4.69, 9.17) is 4.42 Å². The van der Waals surface area contributed by atoms with Crippen LogP contribution in [0.3, 0.4) is 0 Å². The van der Waals surface area contributed by atoms with Gasteiger partial charge in [-0.1, -0.05) is 54.7 Å². The number of aromatic nitrogens is 1. The van der Waals surface area contributed by atoms with Crippen molar-refractivity contribution < 1.29 is 17.6 Å². The summed E-state index contributed by atoms with van der Waals surface area (Å²) in [4.78, 5) is 19.3. The minimum absolute atomic E-state index is 0.0831. The molecular formula is C24H24N2O4S2. The second-order valence-electron chi connectivity index (χ2n) is 7.54. The summed E-state index contributed by atoms with van der Waals surface area (Å²) in [5.41, 5.74) is 2.73. The molecule has 0 saturated carbocycles. The van der Waals surface area contributed by atoms with Gasteiger partial charge in [0.05, 0.1) is 34.5 Å². The minimum atomic E-state index is -3.43. The number of amides is 1. The summed E-state index contributed by atoms with van der Waals surface area (Å²) in [7, 11) is -3.43. The van der Waals surface area contributed by atoms with Gasteiger partial charge in [-0.3, -0.25) is 9.69 Å². The van der Waals surface area contributed by atoms with Gasteiger partial charge >= 0.3 is 0 Å². The molecule has 0 bridgehead atoms. The number of sulfone groups is 1. The minimum Gasteiger partial charge on any atom is -0.467 e. The van der Waals surface area contributed by atoms with Crippen LogP contribution in [0.4, 0.5) is 5.13 Å². The van der Waals surface area contributed by atoms with Gasteiger partial charge in [0.1, 0.15) is 5.76 Å². The van der Waals surface area contributed by atoms with Crippen molar-refractivity contribution in [2.24, 2.45) is 0 Å². The van der Waals surface area contributed by atoms with Gasteiger partial charge in [0.25, 0.3) is 0 Å². The van der Waals surface area contributed by atoms with E-state index in [-0.39, 0.29) is 30.4 Å². The van der Waals surface area contributed by atoms with Gasteiger partial charge < -0.3 is 4.42 Å². The number of hydrogen-bond acceptors (Lipinski definition) is 6. The van der Waals surface area contributed by atoms with Gasteiger partial charge in [0.2, 0.25) is 5.91 Å². The second-order valence-corrected chi connectivity index (χ2v) is 10.7. The number of carbonyl (C=O) groups is 1. The van der Waals surface area contributed by atoms with Crippen molar-refractivity contribution in [3.63, 3.8) is 0 Å². The average molecular weight is 469 g/mol. The smallest absolute Gasteiger partial charge is 0.230 e. The fraction of sp³-hybridized carbons (Fsp3) is 0.250. The van der Waals surface area contributed by atoms with Crippen molar-refractivity contribution >= 4 is 42.4 Å². The van der Waals surface area contributed by atoms with Crippen LogP contribution < -0.4 is 4.90 Å². The maximum absolute atomic E-state index is 13.2. The Hall–Kier alpha value is -2.97. The van der Waals surface area contributed by atoms with E-state index in [0.29, 0.717) is 16.5 Å². The van der Waals surface area contributed by atoms with Crippen LogP contribution in [0.1, 0.15) is 30.2 Å². The number of furan rings is 1. The largest absolute Gasteiger partial charge is 0.467 e. The second kappa shape index (κ2) is 9.67. The number of aryl methyl sites for hydroxylation is 1. The fourth-order valence-electron chi connectivity index (χ4n) is 3.39. The molecule has 0 fully saturated rings. The van der Waals surface area contributed by atoms with Crippen molar-refractivity contribution in [3.8, 4) is 0 Å². The van der Waals surface area contributed by atoms with Gasteiger partial charge in [-0.25, -0.2) is 13.4 Å². The zero-order valence-electron chi connectivity index (χ0n) is 17.7. The monoisotopic (exact) mass is 468 g/mol. The molecule has 2 heterocycles. The van der Waals surface area contributed by atoms with E-state index in [9.17, 15) is 13.2 Å². The predicted molar refractivity (Wildman–Crippen MR) is 127 cm³/mol. The summed E-state index contributed by atoms with van der Waals surface area (Å²) in [6, 6.07) is 18.6. The first kappa shape index (κ1) is 22.2. The highest BCUT2D eigenvalue weighted by molar-refractivity contribution is 7.90. The Morgan fingerprint density at radius 1 is 1.06 bits per heavy atom. The highest BCUT2D eigenvalue weighted by Crippen LogP contribution is 2.31. The molecule has 0 saturated heterocycles. The Bertz CT molecular complexity index is 1300. The number of benzene rings is 2. The third-order valence-electron chi connectivity index (χ3n) is 5.13. The van der Waals surface area contributed by atoms with Gasteiger partial charge in [-0.2, -0.15) is 0 Å². The van der Waals surface area contributed by atoms with Crippen LogP contribution in [0.25, 0.3) is 10.2 Å². The summed E-state index contributed by atoms with van der Waals surface area (Å²) in [6.45, 7) is 2.29. The molecule has 166 valence electrons. The summed E-state index contributed by atoms with van der Waals surface area (Å²) in [5, 5.41) is 0.537. The Morgan fingerprint density at radius 2 is 1.88 bits per heavy atom. The number of nitrogens with zero attached hydrogens (tertiary/aromatic N) is 2. The van der Waals surface area contributed by atoms with Crippen LogP contribution in [-0.4, -0.2) is 25.1 Å². The highest BCUT2D eigenvalue weighted by atomic mass is 32.2. The van der Waals surface area contributed by atoms with Crippen LogP contribution in [0.5, 0.6) is 0 Å². The number of hydrogen-bond donors (Lipinski definition) is 0. The van der Waals surface area contributed by atoms with Crippen LogP contribution in [0.2, 0.25) is 0 Å². The van der Waals surface area contributed by atoms with E-state index in [1.807, 2.05) is 18.2 Å². The molecule has 0 unspecified atom stereocenters. The molecular weight excluding hydrogens is 444 g/mol. The van der Waals surface area contributed by atoms with Crippen molar-refractivity contribution in [2.75, 3.05) is 10.7 Å². The molecule has 0 aliphatic heterocycles. The zero-order valence-corrected chi connectivity index (χ0v) is 19.4. The van der Waals surface area contributed by atoms with Gasteiger partial charge in [0, 0.05) is 6.42 Å². The molecule has 4 aromatic rings. The van der Waals surface area contributed by atoms with Crippen LogP contribution >= 0.6 is 11.3 Å². The van der Waals surface area contributed by atoms with Crippen molar-refractivity contribution in [1.29, 1.82) is 0 Å². The standard InChI is InChI=1S/C24H24N2O4S2/c1-2-18-10-11-21-22(15-18)31-24(25-21)26(16-20-9-6-13-30-20)23(27)12-14-32(28,29)17-19-7-4-3-5-8-19/h3-11,13,15H,2,12,14,16-17H2,1H3. The van der Waals surface area contributed by atoms with Crippen LogP contribution in [0, 0.1) is 0 Å². The summed E-state index contributed by atoms with van der Waals surface area (Å²) in [6.07, 6.45) is 2.34. The maximum Gasteiger partial charge on any atom is 0.230 e. The molecule has 2 aromatic heterocycles. The van der Waals surface area contributed by atoms with Gasteiger partial charge in [-0.05, 0) is 41.8 Å². The first-order chi connectivity index (χ1) is 15.4. The Balaban J connectivity index is 1.54. The molecule has 4 rings (SSSR count). The molecule has 6 nitrogen and oxygen atoms in total. The van der Waals surface area contributed by atoms with Crippen molar-refractivity contribution in [1.82, 2.24) is 4.98 Å². The fourth-order valence-corrected chi connectivity index (χ4v) is 5.77. The first-order valence-corrected chi connectivity index (χ1v) is 13.0. The van der Waals surface area contributed by atoms with E-state index >= 15 is 0 Å². The molecule has 32 heavy (non-hydrogen) atoms. The molecule has 0 N–H and O–H groups in total. The van der Waals surface area contributed by atoms with Gasteiger partial charge in [-0.15, -0.1) is 0 Å². The molecule has 2 aromatic carbocycles. The first-order valence-electron chi connectivity index (χ1n) is 10.4. The van der Waals surface area contributed by atoms with E-state index in [1.54, 1.807) is 42.7 Å². The van der Waals surface area contributed by atoms with Crippen molar-refractivity contribution in [2.45, 2.75) is 32.1 Å². The number of carbonyl (C=O) groups excluding carboxylic acids is 1. The Kier molecular flexibility index (Phi) is 6.72. The maximum atomic E-state index is 13.2. The Morgan fingerprint density at radius 3 is 2.59 bits per heavy atom. The molecule has 8 heteroatoms. The molecule has 0 spiro atoms. The molecule has 0 aliphatic rings. The Labute approximate surface area is 191 Å². The number of fused-ring (bicyclic) bond motifs is 1. The SMILES string of the molecule is CCc1ccc2nc(N(Cc3ccco3)C(=O)CCS(=O)(=O)Cc3ccccc3)sc2c1. The third kappa shape index (κ3) is 5.44. The van der Waals surface area contributed by atoms with E-state index in [1.165, 1.54) is 21.8 Å². The lowest BCUT2D eigenvalue weighted by atomic mass is 10.2. The summed E-state index contributed by atoms with van der Waals surface area (Å²) in [5.74, 6) is 0.00679. The molecule has 0 atom stereocenters. The van der Waals surface area contributed by atoms with Crippen molar-refractivity contribution in [3.05, 3.63) is 83.8 Å². The summed E-state index contributed by atoms with van der Waals surface area (Å²) < 4.78 is 31.6. The normalized spacial score (nSPS) is 11.7. The highest BCUT2D eigenvalue weighted by Gasteiger charge is 2.23. The molecule has 0 aliphatic carbocycles. The number of rotatable bonds is 9. The summed E-state index contributed by atoms with van der Waals surface area (Å²) >= 11 is 1.42. The van der Waals surface area contributed by atoms with E-state index in [2.05, 4.69) is 18.0 Å². The van der Waals surface area contributed by atoms with Gasteiger partial charge in [0.15, 0.2) is 15.0 Å². The third-order valence-corrected chi connectivity index (χ3v) is 7.77. The quantitative estimate of drug-likeness (QED) is 0.346. The van der Waals surface area contributed by atoms with Crippen LogP contribution in [0.15, 0.2) is 71.3 Å². The zero-order chi connectivity index (χ0) is 22.6. The lowest BCUT2D eigenvalue weighted by Crippen LogP contribution is -2.31. The lowest BCUT2D eigenvalue weighted by molar-refractivity contribution is -0.118. The van der Waals surface area contributed by atoms with E-state index in [0.717, 1.165) is 16.6 Å². The lowest BCUT2D eigenvalue weighted by Gasteiger charge is -2.18. The predicted octanol–water partition coefficient (Wildman–Crippen LogP) is 4.99.